The molecule has 0 bridgehead atoms. The molecule has 8 nitrogen and oxygen atoms in total. The first kappa shape index (κ1) is 25.9. The van der Waals surface area contributed by atoms with E-state index in [2.05, 4.69) is 0 Å². The van der Waals surface area contributed by atoms with Crippen molar-refractivity contribution in [1.82, 2.24) is 4.98 Å². The Balaban J connectivity index is 1.51. The Morgan fingerprint density at radius 1 is 1.05 bits per heavy atom. The molecule has 2 atom stereocenters. The Bertz CT molecular complexity index is 1680. The van der Waals surface area contributed by atoms with E-state index in [1.54, 1.807) is 24.3 Å². The maximum Gasteiger partial charge on any atom is 0.301 e. The summed E-state index contributed by atoms with van der Waals surface area (Å²) in [6.45, 7) is 6.75. The Morgan fingerprint density at radius 3 is 2.60 bits per heavy atom. The van der Waals surface area contributed by atoms with Crippen molar-refractivity contribution in [2.75, 3.05) is 18.1 Å². The third-order valence-corrected chi connectivity index (χ3v) is 7.98. The lowest BCUT2D eigenvalue weighted by atomic mass is 9.94. The van der Waals surface area contributed by atoms with Crippen LogP contribution < -0.4 is 19.1 Å². The molecule has 2 unspecified atom stereocenters. The number of hydrogen-bond donors (Lipinski definition) is 1. The van der Waals surface area contributed by atoms with Crippen molar-refractivity contribution in [3.63, 3.8) is 0 Å². The van der Waals surface area contributed by atoms with Gasteiger partial charge in [-0.1, -0.05) is 23.5 Å². The number of hydrogen-bond acceptors (Lipinski definition) is 8. The molecule has 3 aromatic carbocycles. The van der Waals surface area contributed by atoms with Gasteiger partial charge < -0.3 is 19.3 Å². The van der Waals surface area contributed by atoms with Gasteiger partial charge >= 0.3 is 5.91 Å². The monoisotopic (exact) mass is 556 g/mol. The van der Waals surface area contributed by atoms with E-state index in [9.17, 15) is 14.7 Å². The first-order valence-electron chi connectivity index (χ1n) is 13.2. The van der Waals surface area contributed by atoms with Crippen LogP contribution in [0.15, 0.2) is 66.2 Å². The highest BCUT2D eigenvalue weighted by molar-refractivity contribution is 7.22. The lowest BCUT2D eigenvalue weighted by Crippen LogP contribution is -2.29. The van der Waals surface area contributed by atoms with E-state index in [4.69, 9.17) is 19.2 Å². The Kier molecular flexibility index (Phi) is 6.67. The normalized spacial score (nSPS) is 19.6. The largest absolute Gasteiger partial charge is 0.507 e. The number of nitrogens with zero attached hydrogens (tertiary/aromatic N) is 2. The van der Waals surface area contributed by atoms with E-state index in [1.165, 1.54) is 16.2 Å². The average molecular weight is 557 g/mol. The fourth-order valence-corrected chi connectivity index (χ4v) is 6.28. The number of benzene rings is 3. The Hall–Kier alpha value is -4.37. The van der Waals surface area contributed by atoms with Crippen LogP contribution in [-0.2, 0) is 16.0 Å². The van der Waals surface area contributed by atoms with E-state index in [1.807, 2.05) is 57.2 Å². The van der Waals surface area contributed by atoms with E-state index in [-0.39, 0.29) is 17.4 Å². The van der Waals surface area contributed by atoms with E-state index >= 15 is 0 Å². The number of aliphatic hydroxyl groups excluding tert-OH is 1. The van der Waals surface area contributed by atoms with Crippen LogP contribution in [0.4, 0.5) is 5.13 Å². The van der Waals surface area contributed by atoms with Gasteiger partial charge in [-0.2, -0.15) is 0 Å². The number of ketones is 1. The summed E-state index contributed by atoms with van der Waals surface area (Å²) in [5, 5.41) is 11.9. The quantitative estimate of drug-likeness (QED) is 0.168. The lowest BCUT2D eigenvalue weighted by Gasteiger charge is -2.23. The lowest BCUT2D eigenvalue weighted by molar-refractivity contribution is -0.132. The fourth-order valence-electron chi connectivity index (χ4n) is 5.26. The molecule has 4 aromatic rings. The molecule has 204 valence electrons. The molecule has 1 saturated heterocycles. The van der Waals surface area contributed by atoms with Gasteiger partial charge in [-0.3, -0.25) is 14.5 Å². The number of anilines is 1. The molecule has 9 heteroatoms. The zero-order valence-corrected chi connectivity index (χ0v) is 23.2. The van der Waals surface area contributed by atoms with Gasteiger partial charge in [0, 0.05) is 12.0 Å². The van der Waals surface area contributed by atoms with Crippen LogP contribution in [0.2, 0.25) is 0 Å². The number of aromatic nitrogens is 1. The van der Waals surface area contributed by atoms with Gasteiger partial charge in [0.25, 0.3) is 5.78 Å². The van der Waals surface area contributed by atoms with Crippen LogP contribution in [-0.4, -0.2) is 41.1 Å². The van der Waals surface area contributed by atoms with Gasteiger partial charge in [-0.25, -0.2) is 4.98 Å². The SMILES string of the molecule is CCOc1cccc(C2C(=C(O)c3ccc4c(c3)CC(C)O4)C(=O)C(=O)N2c2nc3ccc(OCC)cc3s2)c1. The average Bonchev–Trinajstić information content (AvgIpc) is 3.61. The molecule has 6 rings (SSSR count). The predicted octanol–water partition coefficient (Wildman–Crippen LogP) is 6.04. The number of fused-ring (bicyclic) bond motifs is 2. The number of aliphatic hydroxyl groups is 1. The van der Waals surface area contributed by atoms with Crippen LogP contribution in [0, 0.1) is 0 Å². The summed E-state index contributed by atoms with van der Waals surface area (Å²) in [6, 6.07) is 17.2. The minimum atomic E-state index is -0.907. The van der Waals surface area contributed by atoms with Crippen LogP contribution in [0.1, 0.15) is 43.5 Å². The van der Waals surface area contributed by atoms with Crippen LogP contribution in [0.5, 0.6) is 17.2 Å². The summed E-state index contributed by atoms with van der Waals surface area (Å²) in [5.74, 6) is 0.281. The number of ether oxygens (including phenoxy) is 3. The highest BCUT2D eigenvalue weighted by Gasteiger charge is 2.48. The molecule has 0 saturated carbocycles. The van der Waals surface area contributed by atoms with Crippen molar-refractivity contribution >= 4 is 44.1 Å². The number of carbonyl (C=O) groups excluding carboxylic acids is 2. The molecule has 0 aliphatic carbocycles. The number of Topliss-reactive ketones (excluding diaryl/α,β-unsaturated/α-hetero) is 1. The van der Waals surface area contributed by atoms with Gasteiger partial charge in [-0.15, -0.1) is 0 Å². The molecule has 40 heavy (non-hydrogen) atoms. The Morgan fingerprint density at radius 2 is 1.82 bits per heavy atom. The topological polar surface area (TPSA) is 98.2 Å². The van der Waals surface area contributed by atoms with Gasteiger partial charge in [0.05, 0.1) is 35.0 Å². The summed E-state index contributed by atoms with van der Waals surface area (Å²) in [4.78, 5) is 33.4. The van der Waals surface area contributed by atoms with Crippen LogP contribution in [0.25, 0.3) is 16.0 Å². The minimum Gasteiger partial charge on any atom is -0.507 e. The minimum absolute atomic E-state index is 0.000163. The van der Waals surface area contributed by atoms with Crippen molar-refractivity contribution in [3.8, 4) is 17.2 Å². The maximum atomic E-state index is 13.6. The fraction of sp³-hybridized carbons (Fsp3) is 0.258. The van der Waals surface area contributed by atoms with Gasteiger partial charge in [0.15, 0.2) is 5.13 Å². The van der Waals surface area contributed by atoms with E-state index in [0.717, 1.165) is 16.0 Å². The number of amides is 1. The molecule has 1 N–H and O–H groups in total. The van der Waals surface area contributed by atoms with E-state index in [0.29, 0.717) is 52.9 Å². The summed E-state index contributed by atoms with van der Waals surface area (Å²) in [6.07, 6.45) is 0.724. The predicted molar refractivity (Wildman–Crippen MR) is 153 cm³/mol. The second kappa shape index (κ2) is 10.3. The molecule has 3 heterocycles. The smallest absolute Gasteiger partial charge is 0.301 e. The molecule has 2 aliphatic rings. The molecular weight excluding hydrogens is 528 g/mol. The first-order chi connectivity index (χ1) is 19.4. The maximum absolute atomic E-state index is 13.6. The molecule has 1 amide bonds. The first-order valence-corrected chi connectivity index (χ1v) is 14.1. The highest BCUT2D eigenvalue weighted by Crippen LogP contribution is 2.45. The summed E-state index contributed by atoms with van der Waals surface area (Å²) >= 11 is 1.29. The third kappa shape index (κ3) is 4.46. The third-order valence-electron chi connectivity index (χ3n) is 6.96. The second-order valence-corrected chi connectivity index (χ2v) is 10.7. The summed E-state index contributed by atoms with van der Waals surface area (Å²) < 4.78 is 18.0. The molecule has 2 aliphatic heterocycles. The standard InChI is InChI=1S/C31H28N2O6S/c1-4-37-21-8-6-7-18(15-21)27-26(28(34)19-9-12-24-20(14-19)13-17(3)39-24)29(35)30(36)33(27)31-32-23-11-10-22(38-5-2)16-25(23)40-31/h6-12,14-17,27,34H,4-5,13H2,1-3H3. The summed E-state index contributed by atoms with van der Waals surface area (Å²) in [5.41, 5.74) is 2.70. The highest BCUT2D eigenvalue weighted by atomic mass is 32.1. The molecule has 0 radical (unpaired) electrons. The van der Waals surface area contributed by atoms with E-state index < -0.39 is 17.7 Å². The number of rotatable bonds is 7. The van der Waals surface area contributed by atoms with Gasteiger partial charge in [0.2, 0.25) is 0 Å². The van der Waals surface area contributed by atoms with Crippen LogP contribution in [0.3, 0.4) is 0 Å². The van der Waals surface area contributed by atoms with Crippen molar-refractivity contribution < 1.29 is 28.9 Å². The van der Waals surface area contributed by atoms with Crippen molar-refractivity contribution in [2.45, 2.75) is 39.3 Å². The van der Waals surface area contributed by atoms with Crippen molar-refractivity contribution in [3.05, 3.63) is 82.9 Å². The summed E-state index contributed by atoms with van der Waals surface area (Å²) in [7, 11) is 0. The molecule has 1 aromatic heterocycles. The van der Waals surface area contributed by atoms with Gasteiger partial charge in [-0.05, 0) is 80.4 Å². The zero-order chi connectivity index (χ0) is 28.0. The number of carbonyl (C=O) groups is 2. The second-order valence-electron chi connectivity index (χ2n) is 9.69. The van der Waals surface area contributed by atoms with Crippen molar-refractivity contribution in [2.24, 2.45) is 0 Å². The van der Waals surface area contributed by atoms with Crippen LogP contribution >= 0.6 is 11.3 Å². The van der Waals surface area contributed by atoms with Crippen molar-refractivity contribution in [1.29, 1.82) is 0 Å². The molecule has 0 spiro atoms. The van der Waals surface area contributed by atoms with Gasteiger partial charge in [0.1, 0.15) is 29.1 Å². The number of thiazole rings is 1. The molecule has 1 fully saturated rings. The zero-order valence-electron chi connectivity index (χ0n) is 22.3. The molecular formula is C31H28N2O6S. The Labute approximate surface area is 235 Å².